The molecule has 2 N–H and O–H groups in total. The van der Waals surface area contributed by atoms with Gasteiger partial charge < -0.3 is 5.73 Å². The van der Waals surface area contributed by atoms with E-state index in [9.17, 15) is 0 Å². The molecule has 0 atom stereocenters. The van der Waals surface area contributed by atoms with E-state index in [-0.39, 0.29) is 0 Å². The largest absolute Gasteiger partial charge is 0.399 e. The van der Waals surface area contributed by atoms with Gasteiger partial charge in [-0.3, -0.25) is 0 Å². The second kappa shape index (κ2) is 7.54. The minimum atomic E-state index is 0.805. The van der Waals surface area contributed by atoms with Crippen LogP contribution in [-0.2, 0) is 0 Å². The molecule has 0 fully saturated rings. The number of hydrogen-bond acceptors (Lipinski definition) is 1. The predicted octanol–water partition coefficient (Wildman–Crippen LogP) is 4.99. The van der Waals surface area contributed by atoms with Gasteiger partial charge in [-0.25, -0.2) is 0 Å². The number of benzene rings is 2. The molecule has 0 aliphatic heterocycles. The Morgan fingerprint density at radius 2 is 1.28 bits per heavy atom. The van der Waals surface area contributed by atoms with Crippen LogP contribution in [0, 0.1) is 5.92 Å². The molecule has 0 bridgehead atoms. The van der Waals surface area contributed by atoms with Gasteiger partial charge in [0.1, 0.15) is 0 Å². The molecule has 0 aromatic heterocycles. The minimum absolute atomic E-state index is 0.805. The third-order valence-electron chi connectivity index (χ3n) is 2.83. The van der Waals surface area contributed by atoms with Crippen molar-refractivity contribution in [2.45, 2.75) is 27.2 Å². The molecule has 0 unspecified atom stereocenters. The number of anilines is 1. The van der Waals surface area contributed by atoms with Crippen molar-refractivity contribution >= 4 is 5.69 Å². The van der Waals surface area contributed by atoms with E-state index in [1.54, 1.807) is 0 Å². The maximum Gasteiger partial charge on any atom is 0.0314 e. The van der Waals surface area contributed by atoms with Gasteiger partial charge in [0, 0.05) is 5.69 Å². The van der Waals surface area contributed by atoms with Crippen LogP contribution in [0.3, 0.4) is 0 Å². The van der Waals surface area contributed by atoms with E-state index < -0.39 is 0 Å². The third-order valence-corrected chi connectivity index (χ3v) is 2.83. The molecule has 0 aliphatic carbocycles. The molecular formula is C17H23N. The average Bonchev–Trinajstić information content (AvgIpc) is 2.41. The molecule has 0 spiro atoms. The van der Waals surface area contributed by atoms with Gasteiger partial charge in [-0.2, -0.15) is 0 Å². The zero-order valence-electron chi connectivity index (χ0n) is 11.6. The minimum Gasteiger partial charge on any atom is -0.399 e. The Labute approximate surface area is 111 Å². The highest BCUT2D eigenvalue weighted by Gasteiger charge is 1.94. The fourth-order valence-electron chi connectivity index (χ4n) is 1.31. The summed E-state index contributed by atoms with van der Waals surface area (Å²) in [6.07, 6.45) is 1.31. The summed E-state index contributed by atoms with van der Waals surface area (Å²) in [4.78, 5) is 0. The fraction of sp³-hybridized carbons (Fsp3) is 0.294. The SMILES string of the molecule is CCC(C)C.Nc1ccc(-c2ccccc2)cc1. The lowest BCUT2D eigenvalue weighted by atomic mass is 10.1. The van der Waals surface area contributed by atoms with Gasteiger partial charge in [-0.1, -0.05) is 69.7 Å². The summed E-state index contributed by atoms with van der Waals surface area (Å²) < 4.78 is 0. The Bertz CT molecular complexity index is 429. The summed E-state index contributed by atoms with van der Waals surface area (Å²) in [6.45, 7) is 6.64. The lowest BCUT2D eigenvalue weighted by molar-refractivity contribution is 0.626. The Morgan fingerprint density at radius 1 is 0.833 bits per heavy atom. The first-order chi connectivity index (χ1) is 8.63. The average molecular weight is 241 g/mol. The first-order valence-electron chi connectivity index (χ1n) is 6.54. The smallest absolute Gasteiger partial charge is 0.0314 e. The van der Waals surface area contributed by atoms with Crippen molar-refractivity contribution in [1.82, 2.24) is 0 Å². The lowest BCUT2D eigenvalue weighted by Crippen LogP contribution is -1.83. The number of rotatable bonds is 2. The topological polar surface area (TPSA) is 26.0 Å². The van der Waals surface area contributed by atoms with Crippen LogP contribution >= 0.6 is 0 Å². The van der Waals surface area contributed by atoms with Crippen LogP contribution < -0.4 is 5.73 Å². The van der Waals surface area contributed by atoms with E-state index in [0.29, 0.717) is 0 Å². The summed E-state index contributed by atoms with van der Waals surface area (Å²) >= 11 is 0. The summed E-state index contributed by atoms with van der Waals surface area (Å²) in [6, 6.07) is 18.2. The molecule has 1 heteroatoms. The summed E-state index contributed by atoms with van der Waals surface area (Å²) in [5.41, 5.74) is 8.84. The van der Waals surface area contributed by atoms with Gasteiger partial charge in [0.25, 0.3) is 0 Å². The lowest BCUT2D eigenvalue weighted by Gasteiger charge is -2.00. The van der Waals surface area contributed by atoms with Crippen LogP contribution in [0.1, 0.15) is 27.2 Å². The molecular weight excluding hydrogens is 218 g/mol. The molecule has 18 heavy (non-hydrogen) atoms. The molecule has 96 valence electrons. The van der Waals surface area contributed by atoms with Crippen LogP contribution in [0.5, 0.6) is 0 Å². The maximum absolute atomic E-state index is 5.60. The number of nitrogens with two attached hydrogens (primary N) is 1. The summed E-state index contributed by atoms with van der Waals surface area (Å²) in [5.74, 6) is 0.884. The molecule has 0 heterocycles. The quantitative estimate of drug-likeness (QED) is 0.737. The first-order valence-corrected chi connectivity index (χ1v) is 6.54. The van der Waals surface area contributed by atoms with Crippen LogP contribution in [0.2, 0.25) is 0 Å². The summed E-state index contributed by atoms with van der Waals surface area (Å²) in [7, 11) is 0. The molecule has 2 rings (SSSR count). The highest BCUT2D eigenvalue weighted by Crippen LogP contribution is 2.19. The maximum atomic E-state index is 5.60. The highest BCUT2D eigenvalue weighted by atomic mass is 14.5. The van der Waals surface area contributed by atoms with Gasteiger partial charge in [0.2, 0.25) is 0 Å². The Morgan fingerprint density at radius 3 is 1.72 bits per heavy atom. The van der Waals surface area contributed by atoms with E-state index in [2.05, 4.69) is 32.9 Å². The van der Waals surface area contributed by atoms with E-state index >= 15 is 0 Å². The van der Waals surface area contributed by atoms with Crippen molar-refractivity contribution in [2.24, 2.45) is 5.92 Å². The number of hydrogen-bond donors (Lipinski definition) is 1. The predicted molar refractivity (Wildman–Crippen MR) is 81.4 cm³/mol. The van der Waals surface area contributed by atoms with E-state index in [1.807, 2.05) is 42.5 Å². The van der Waals surface area contributed by atoms with Crippen molar-refractivity contribution < 1.29 is 0 Å². The number of nitrogen functional groups attached to an aromatic ring is 1. The van der Waals surface area contributed by atoms with Gasteiger partial charge in [-0.15, -0.1) is 0 Å². The van der Waals surface area contributed by atoms with Crippen molar-refractivity contribution in [3.05, 3.63) is 54.6 Å². The Hall–Kier alpha value is -1.76. The standard InChI is InChI=1S/C12H11N.C5H12/c13-12-8-6-11(7-9-12)10-4-2-1-3-5-10;1-4-5(2)3/h1-9H,13H2;5H,4H2,1-3H3. The van der Waals surface area contributed by atoms with Gasteiger partial charge in [0.15, 0.2) is 0 Å². The van der Waals surface area contributed by atoms with Crippen LogP contribution in [0.15, 0.2) is 54.6 Å². The molecule has 2 aromatic rings. The van der Waals surface area contributed by atoms with Crippen LogP contribution in [-0.4, -0.2) is 0 Å². The monoisotopic (exact) mass is 241 g/mol. The fourth-order valence-corrected chi connectivity index (χ4v) is 1.31. The zero-order valence-corrected chi connectivity index (χ0v) is 11.6. The Kier molecular flexibility index (Phi) is 5.99. The molecule has 1 nitrogen and oxygen atoms in total. The normalized spacial score (nSPS) is 9.78. The first kappa shape index (κ1) is 14.3. The molecule has 2 aromatic carbocycles. The molecule has 0 amide bonds. The molecule has 0 radical (unpaired) electrons. The highest BCUT2D eigenvalue weighted by molar-refractivity contribution is 5.65. The van der Waals surface area contributed by atoms with Crippen molar-refractivity contribution in [3.8, 4) is 11.1 Å². The molecule has 0 saturated heterocycles. The zero-order chi connectivity index (χ0) is 13.4. The van der Waals surface area contributed by atoms with Crippen LogP contribution in [0.4, 0.5) is 5.69 Å². The second-order valence-electron chi connectivity index (χ2n) is 4.79. The van der Waals surface area contributed by atoms with E-state index in [0.717, 1.165) is 11.6 Å². The Balaban J connectivity index is 0.000000280. The van der Waals surface area contributed by atoms with Crippen LogP contribution in [0.25, 0.3) is 11.1 Å². The van der Waals surface area contributed by atoms with Crippen molar-refractivity contribution in [1.29, 1.82) is 0 Å². The van der Waals surface area contributed by atoms with Gasteiger partial charge in [0.05, 0.1) is 0 Å². The van der Waals surface area contributed by atoms with Gasteiger partial charge in [-0.05, 0) is 29.2 Å². The second-order valence-corrected chi connectivity index (χ2v) is 4.79. The van der Waals surface area contributed by atoms with E-state index in [4.69, 9.17) is 5.73 Å². The van der Waals surface area contributed by atoms with E-state index in [1.165, 1.54) is 17.5 Å². The molecule has 0 aliphatic rings. The van der Waals surface area contributed by atoms with Gasteiger partial charge >= 0.3 is 0 Å². The van der Waals surface area contributed by atoms with Crippen molar-refractivity contribution in [3.63, 3.8) is 0 Å². The third kappa shape index (κ3) is 5.05. The summed E-state index contributed by atoms with van der Waals surface area (Å²) in [5, 5.41) is 0. The molecule has 0 saturated carbocycles. The van der Waals surface area contributed by atoms with Crippen molar-refractivity contribution in [2.75, 3.05) is 5.73 Å².